The number of nitrogens with zero attached hydrogens (tertiary/aromatic N) is 4. The molecule has 2 aliphatic heterocycles. The number of fused-ring (bicyclic) bond motifs is 3. The molecule has 0 aliphatic carbocycles. The van der Waals surface area contributed by atoms with Crippen molar-refractivity contribution in [2.24, 2.45) is 4.99 Å². The summed E-state index contributed by atoms with van der Waals surface area (Å²) in [5.74, 6) is 2.09. The Hall–Kier alpha value is -2.93. The normalized spacial score (nSPS) is 17.9. The van der Waals surface area contributed by atoms with Gasteiger partial charge in [-0.2, -0.15) is 0 Å². The van der Waals surface area contributed by atoms with Gasteiger partial charge in [0.1, 0.15) is 11.5 Å². The Morgan fingerprint density at radius 1 is 1.14 bits per heavy atom. The summed E-state index contributed by atoms with van der Waals surface area (Å²) >= 11 is 3.47. The van der Waals surface area contributed by atoms with Crippen molar-refractivity contribution < 1.29 is 4.79 Å². The van der Waals surface area contributed by atoms with Crippen molar-refractivity contribution in [3.05, 3.63) is 70.3 Å². The first kappa shape index (κ1) is 18.1. The quantitative estimate of drug-likeness (QED) is 0.609. The third-order valence-corrected chi connectivity index (χ3v) is 5.79. The second-order valence-corrected chi connectivity index (χ2v) is 8.13. The fraction of sp³-hybridized carbons (Fsp3) is 0.227. The number of aromatic amines is 1. The standard InChI is InChI=1S/C22H20BrN5O/c1-2-12-27-21-18(25-19(26-21)15-8-10-16(23)11-9-15)20-24-17(13-28(20)22(27)29)14-6-4-3-5-7-14/h3-11,17H,2,12-13H2,1H3,(H,25,26)/t17-/m0/s1. The highest BCUT2D eigenvalue weighted by Crippen LogP contribution is 2.36. The molecule has 0 spiro atoms. The number of nitrogens with one attached hydrogen (secondary N) is 1. The van der Waals surface area contributed by atoms with Gasteiger partial charge in [-0.1, -0.05) is 65.3 Å². The average molecular weight is 450 g/mol. The van der Waals surface area contributed by atoms with E-state index >= 15 is 0 Å². The average Bonchev–Trinajstić information content (AvgIpc) is 3.37. The predicted molar refractivity (Wildman–Crippen MR) is 117 cm³/mol. The maximum absolute atomic E-state index is 13.2. The monoisotopic (exact) mass is 449 g/mol. The molecule has 7 heteroatoms. The van der Waals surface area contributed by atoms with E-state index in [0.717, 1.165) is 33.5 Å². The highest BCUT2D eigenvalue weighted by Gasteiger charge is 2.42. The molecule has 29 heavy (non-hydrogen) atoms. The van der Waals surface area contributed by atoms with Gasteiger partial charge in [-0.3, -0.25) is 14.8 Å². The maximum atomic E-state index is 13.2. The first-order valence-corrected chi connectivity index (χ1v) is 10.5. The van der Waals surface area contributed by atoms with E-state index < -0.39 is 0 Å². The number of anilines is 1. The predicted octanol–water partition coefficient (Wildman–Crippen LogP) is 4.99. The van der Waals surface area contributed by atoms with Crippen LogP contribution < -0.4 is 4.90 Å². The Bertz CT molecular complexity index is 1090. The fourth-order valence-electron chi connectivity index (χ4n) is 3.86. The van der Waals surface area contributed by atoms with Gasteiger partial charge in [0.25, 0.3) is 0 Å². The fourth-order valence-corrected chi connectivity index (χ4v) is 4.13. The molecule has 0 saturated carbocycles. The molecule has 2 aliphatic rings. The number of amides is 2. The van der Waals surface area contributed by atoms with Gasteiger partial charge in [0.15, 0.2) is 11.7 Å². The van der Waals surface area contributed by atoms with Gasteiger partial charge in [-0.15, -0.1) is 0 Å². The third kappa shape index (κ3) is 3.06. The van der Waals surface area contributed by atoms with Crippen molar-refractivity contribution >= 4 is 33.6 Å². The van der Waals surface area contributed by atoms with Gasteiger partial charge in [-0.25, -0.2) is 9.78 Å². The number of aliphatic imine (C=N–C) groups is 1. The van der Waals surface area contributed by atoms with Crippen LogP contribution in [0, 0.1) is 0 Å². The number of rotatable bonds is 4. The molecule has 0 fully saturated rings. The molecule has 0 radical (unpaired) electrons. The Morgan fingerprint density at radius 3 is 2.62 bits per heavy atom. The summed E-state index contributed by atoms with van der Waals surface area (Å²) in [4.78, 5) is 29.9. The lowest BCUT2D eigenvalue weighted by atomic mass is 10.1. The third-order valence-electron chi connectivity index (χ3n) is 5.26. The first-order valence-electron chi connectivity index (χ1n) is 9.74. The van der Waals surface area contributed by atoms with E-state index in [1.807, 2.05) is 42.5 Å². The largest absolute Gasteiger partial charge is 0.334 e. The molecular formula is C22H20BrN5O. The van der Waals surface area contributed by atoms with Gasteiger partial charge >= 0.3 is 6.03 Å². The Kier molecular flexibility index (Phi) is 4.47. The summed E-state index contributed by atoms with van der Waals surface area (Å²) in [6.07, 6.45) is 0.855. The van der Waals surface area contributed by atoms with Crippen LogP contribution in [0.2, 0.25) is 0 Å². The van der Waals surface area contributed by atoms with E-state index in [4.69, 9.17) is 9.98 Å². The number of benzene rings is 2. The molecule has 3 heterocycles. The van der Waals surface area contributed by atoms with Crippen molar-refractivity contribution in [2.45, 2.75) is 19.4 Å². The van der Waals surface area contributed by atoms with Crippen LogP contribution in [0.4, 0.5) is 10.6 Å². The van der Waals surface area contributed by atoms with Crippen LogP contribution in [0.3, 0.4) is 0 Å². The number of H-pyrrole nitrogens is 1. The van der Waals surface area contributed by atoms with Crippen molar-refractivity contribution in [2.75, 3.05) is 18.0 Å². The molecule has 1 atom stereocenters. The Labute approximate surface area is 177 Å². The molecule has 1 N–H and O–H groups in total. The van der Waals surface area contributed by atoms with E-state index in [1.54, 1.807) is 9.80 Å². The van der Waals surface area contributed by atoms with E-state index in [9.17, 15) is 4.79 Å². The van der Waals surface area contributed by atoms with Crippen LogP contribution in [0.5, 0.6) is 0 Å². The highest BCUT2D eigenvalue weighted by molar-refractivity contribution is 9.10. The van der Waals surface area contributed by atoms with Gasteiger partial charge in [0, 0.05) is 16.6 Å². The summed E-state index contributed by atoms with van der Waals surface area (Å²) in [5, 5.41) is 0. The highest BCUT2D eigenvalue weighted by atomic mass is 79.9. The number of halogens is 1. The van der Waals surface area contributed by atoms with Gasteiger partial charge in [-0.05, 0) is 24.1 Å². The number of aromatic nitrogens is 2. The minimum atomic E-state index is -0.0657. The number of imidazole rings is 1. The zero-order chi connectivity index (χ0) is 20.0. The van der Waals surface area contributed by atoms with Crippen molar-refractivity contribution in [3.8, 4) is 11.4 Å². The molecule has 6 nitrogen and oxygen atoms in total. The van der Waals surface area contributed by atoms with Crippen molar-refractivity contribution in [1.29, 1.82) is 0 Å². The van der Waals surface area contributed by atoms with E-state index in [-0.39, 0.29) is 12.1 Å². The van der Waals surface area contributed by atoms with Crippen LogP contribution in [0.25, 0.3) is 11.4 Å². The Balaban J connectivity index is 1.60. The number of urea groups is 1. The number of amidine groups is 1. The molecule has 5 rings (SSSR count). The zero-order valence-electron chi connectivity index (χ0n) is 16.0. The molecule has 2 amide bonds. The van der Waals surface area contributed by atoms with E-state index in [0.29, 0.717) is 24.7 Å². The molecule has 1 aromatic heterocycles. The summed E-state index contributed by atoms with van der Waals surface area (Å²) in [5.41, 5.74) is 2.89. The lowest BCUT2D eigenvalue weighted by Gasteiger charge is -2.32. The van der Waals surface area contributed by atoms with Crippen LogP contribution in [0.1, 0.15) is 30.6 Å². The van der Waals surface area contributed by atoms with E-state index in [1.165, 1.54) is 0 Å². The van der Waals surface area contributed by atoms with Crippen molar-refractivity contribution in [1.82, 2.24) is 14.9 Å². The molecular weight excluding hydrogens is 430 g/mol. The van der Waals surface area contributed by atoms with Gasteiger partial charge in [0.05, 0.1) is 12.6 Å². The van der Waals surface area contributed by atoms with Gasteiger partial charge in [0.2, 0.25) is 0 Å². The number of carbonyl (C=O) groups is 1. The number of hydrogen-bond acceptors (Lipinski definition) is 3. The van der Waals surface area contributed by atoms with Crippen LogP contribution in [-0.4, -0.2) is 39.8 Å². The van der Waals surface area contributed by atoms with E-state index in [2.05, 4.69) is 40.0 Å². The van der Waals surface area contributed by atoms with Crippen LogP contribution >= 0.6 is 15.9 Å². The molecule has 0 unspecified atom stereocenters. The summed E-state index contributed by atoms with van der Waals surface area (Å²) < 4.78 is 1.01. The number of hydrogen-bond donors (Lipinski definition) is 1. The molecule has 146 valence electrons. The summed E-state index contributed by atoms with van der Waals surface area (Å²) in [7, 11) is 0. The smallest absolute Gasteiger partial charge is 0.331 e. The lowest BCUT2D eigenvalue weighted by molar-refractivity contribution is 0.227. The minimum absolute atomic E-state index is 0.0506. The van der Waals surface area contributed by atoms with Crippen LogP contribution in [-0.2, 0) is 0 Å². The number of carbonyl (C=O) groups excluding carboxylic acids is 1. The van der Waals surface area contributed by atoms with Crippen molar-refractivity contribution in [3.63, 3.8) is 0 Å². The maximum Gasteiger partial charge on any atom is 0.331 e. The molecule has 0 bridgehead atoms. The summed E-state index contributed by atoms with van der Waals surface area (Å²) in [6.45, 7) is 3.23. The first-order chi connectivity index (χ1) is 14.2. The second kappa shape index (κ2) is 7.15. The van der Waals surface area contributed by atoms with Gasteiger partial charge < -0.3 is 4.98 Å². The zero-order valence-corrected chi connectivity index (χ0v) is 17.6. The molecule has 2 aromatic carbocycles. The second-order valence-electron chi connectivity index (χ2n) is 7.21. The summed E-state index contributed by atoms with van der Waals surface area (Å²) in [6, 6.07) is 18.0. The topological polar surface area (TPSA) is 64.6 Å². The Morgan fingerprint density at radius 2 is 1.90 bits per heavy atom. The SMILES string of the molecule is CCCN1C(=O)N2C[C@@H](c3ccccc3)N=C2c2[nH]c(-c3ccc(Br)cc3)nc21. The lowest BCUT2D eigenvalue weighted by Crippen LogP contribution is -2.50. The van der Waals surface area contributed by atoms with Crippen LogP contribution in [0.15, 0.2) is 64.1 Å². The molecule has 0 saturated heterocycles. The minimum Gasteiger partial charge on any atom is -0.334 e. The molecule has 3 aromatic rings.